The molecule has 1 aliphatic rings. The van der Waals surface area contributed by atoms with Crippen molar-refractivity contribution in [2.75, 3.05) is 19.3 Å². The van der Waals surface area contributed by atoms with Crippen molar-refractivity contribution >= 4 is 23.7 Å². The van der Waals surface area contributed by atoms with E-state index in [0.717, 1.165) is 16.7 Å². The molecule has 0 amide bonds. The highest BCUT2D eigenvalue weighted by atomic mass is 16.7. The van der Waals surface area contributed by atoms with Crippen LogP contribution >= 0.6 is 0 Å². The van der Waals surface area contributed by atoms with Gasteiger partial charge < -0.3 is 9.47 Å². The molecule has 3 aromatic rings. The summed E-state index contributed by atoms with van der Waals surface area (Å²) in [5.74, 6) is -1.34. The Bertz CT molecular complexity index is 1160. The molecule has 1 saturated heterocycles. The van der Waals surface area contributed by atoms with Gasteiger partial charge >= 0.3 is 11.9 Å². The highest BCUT2D eigenvalue weighted by molar-refractivity contribution is 6.02. The first-order valence-electron chi connectivity index (χ1n) is 11.5. The van der Waals surface area contributed by atoms with Crippen molar-refractivity contribution in [3.63, 3.8) is 0 Å². The lowest BCUT2D eigenvalue weighted by Crippen LogP contribution is -2.58. The van der Waals surface area contributed by atoms with Gasteiger partial charge in [0.05, 0.1) is 19.9 Å². The molecule has 2 atom stereocenters. The van der Waals surface area contributed by atoms with Crippen LogP contribution in [-0.2, 0) is 23.9 Å². The molecule has 35 heavy (non-hydrogen) atoms. The third-order valence-electron chi connectivity index (χ3n) is 6.28. The Labute approximate surface area is 205 Å². The van der Waals surface area contributed by atoms with E-state index in [9.17, 15) is 9.59 Å². The van der Waals surface area contributed by atoms with E-state index in [1.165, 1.54) is 14.2 Å². The van der Waals surface area contributed by atoms with Gasteiger partial charge in [-0.2, -0.15) is 0 Å². The zero-order chi connectivity index (χ0) is 24.8. The zero-order valence-electron chi connectivity index (χ0n) is 20.1. The largest absolute Gasteiger partial charge is 0.468 e. The number of rotatable bonds is 6. The highest BCUT2D eigenvalue weighted by Crippen LogP contribution is 2.50. The Morgan fingerprint density at radius 3 is 2.03 bits per heavy atom. The normalized spacial score (nSPS) is 19.3. The minimum absolute atomic E-state index is 0.0531. The summed E-state index contributed by atoms with van der Waals surface area (Å²) in [6.45, 7) is 1.98. The number of aryl methyl sites for hydroxylation is 1. The Balaban J connectivity index is 1.89. The molecule has 0 bridgehead atoms. The van der Waals surface area contributed by atoms with Crippen LogP contribution in [0.1, 0.15) is 29.2 Å². The quantitative estimate of drug-likeness (QED) is 0.359. The maximum Gasteiger partial charge on any atom is 0.325 e. The topological polar surface area (TPSA) is 65.1 Å². The second kappa shape index (κ2) is 10.6. The monoisotopic (exact) mass is 471 g/mol. The predicted octanol–water partition coefficient (Wildman–Crippen LogP) is 5.29. The van der Waals surface area contributed by atoms with Gasteiger partial charge in [0.2, 0.25) is 0 Å². The molecule has 6 nitrogen and oxygen atoms in total. The third-order valence-corrected chi connectivity index (χ3v) is 6.28. The third kappa shape index (κ3) is 4.84. The first-order chi connectivity index (χ1) is 17.0. The van der Waals surface area contributed by atoms with Crippen molar-refractivity contribution < 1.29 is 23.9 Å². The van der Waals surface area contributed by atoms with Crippen LogP contribution in [0.3, 0.4) is 0 Å². The molecule has 0 saturated carbocycles. The Morgan fingerprint density at radius 1 is 0.886 bits per heavy atom. The molecule has 4 rings (SSSR count). The fraction of sp³-hybridized carbons (Fsp3) is 0.241. The summed E-state index contributed by atoms with van der Waals surface area (Å²) in [5.41, 5.74) is 1.80. The first kappa shape index (κ1) is 24.2. The van der Waals surface area contributed by atoms with Crippen LogP contribution in [0, 0.1) is 12.3 Å². The molecule has 0 radical (unpaired) electrons. The van der Waals surface area contributed by atoms with Crippen molar-refractivity contribution in [1.82, 2.24) is 0 Å². The fourth-order valence-electron chi connectivity index (χ4n) is 4.55. The van der Waals surface area contributed by atoms with Crippen molar-refractivity contribution in [3.05, 3.63) is 108 Å². The van der Waals surface area contributed by atoms with Gasteiger partial charge in [-0.15, -0.1) is 0 Å². The molecule has 2 unspecified atom stereocenters. The van der Waals surface area contributed by atoms with Crippen LogP contribution in [0.4, 0.5) is 5.69 Å². The van der Waals surface area contributed by atoms with E-state index in [1.54, 1.807) is 5.06 Å². The molecule has 180 valence electrons. The van der Waals surface area contributed by atoms with E-state index in [1.807, 2.05) is 104 Å². The number of anilines is 1. The summed E-state index contributed by atoms with van der Waals surface area (Å²) in [4.78, 5) is 33.5. The first-order valence-corrected chi connectivity index (χ1v) is 11.5. The Kier molecular flexibility index (Phi) is 7.32. The molecule has 0 aromatic heterocycles. The Morgan fingerprint density at radius 2 is 1.46 bits per heavy atom. The number of nitrogens with zero attached hydrogens (tertiary/aromatic N) is 1. The van der Waals surface area contributed by atoms with Gasteiger partial charge in [0.25, 0.3) is 0 Å². The minimum atomic E-state index is -1.67. The smallest absolute Gasteiger partial charge is 0.325 e. The van der Waals surface area contributed by atoms with Crippen LogP contribution in [0.2, 0.25) is 0 Å². The maximum absolute atomic E-state index is 13.5. The number of carbonyl (C=O) groups excluding carboxylic acids is 2. The summed E-state index contributed by atoms with van der Waals surface area (Å²) in [7, 11) is 2.58. The second-order valence-electron chi connectivity index (χ2n) is 8.55. The van der Waals surface area contributed by atoms with Crippen molar-refractivity contribution in [3.8, 4) is 0 Å². The van der Waals surface area contributed by atoms with E-state index in [4.69, 9.17) is 14.3 Å². The molecule has 1 heterocycles. The van der Waals surface area contributed by atoms with E-state index < -0.39 is 29.5 Å². The number of benzene rings is 3. The summed E-state index contributed by atoms with van der Waals surface area (Å²) >= 11 is 0. The lowest BCUT2D eigenvalue weighted by molar-refractivity contribution is -0.183. The minimum Gasteiger partial charge on any atom is -0.468 e. The van der Waals surface area contributed by atoms with Gasteiger partial charge in [0.1, 0.15) is 12.1 Å². The van der Waals surface area contributed by atoms with E-state index in [0.29, 0.717) is 5.69 Å². The van der Waals surface area contributed by atoms with Crippen LogP contribution in [0.15, 0.2) is 91.0 Å². The number of esters is 2. The van der Waals surface area contributed by atoms with Crippen LogP contribution in [0.5, 0.6) is 0 Å². The van der Waals surface area contributed by atoms with Crippen molar-refractivity contribution in [2.45, 2.75) is 25.5 Å². The van der Waals surface area contributed by atoms with Crippen LogP contribution in [-0.4, -0.2) is 32.3 Å². The molecule has 6 heteroatoms. The average molecular weight is 472 g/mol. The summed E-state index contributed by atoms with van der Waals surface area (Å²) in [6.07, 6.45) is 3.23. The SMILES string of the molecule is COC(=O)C1(C(=O)OC)CC(/C=C/c2ccccc2)ON(c2ccccc2)C1c1ccc(C)cc1. The number of hydrogen-bond acceptors (Lipinski definition) is 6. The molecular formula is C29H29NO5. The highest BCUT2D eigenvalue weighted by Gasteiger charge is 2.61. The number of hydrogen-bond donors (Lipinski definition) is 0. The molecule has 1 fully saturated rings. The van der Waals surface area contributed by atoms with E-state index in [2.05, 4.69) is 0 Å². The van der Waals surface area contributed by atoms with Crippen molar-refractivity contribution in [2.24, 2.45) is 5.41 Å². The zero-order valence-corrected chi connectivity index (χ0v) is 20.1. The fourth-order valence-corrected chi connectivity index (χ4v) is 4.55. The molecule has 0 spiro atoms. The van der Waals surface area contributed by atoms with Gasteiger partial charge in [-0.25, -0.2) is 5.06 Å². The van der Waals surface area contributed by atoms with Gasteiger partial charge in [0, 0.05) is 6.42 Å². The average Bonchev–Trinajstić information content (AvgIpc) is 2.92. The number of ether oxygens (including phenoxy) is 2. The Hall–Kier alpha value is -3.90. The lowest BCUT2D eigenvalue weighted by Gasteiger charge is -2.48. The summed E-state index contributed by atoms with van der Waals surface area (Å²) < 4.78 is 10.5. The maximum atomic E-state index is 13.5. The van der Waals surface area contributed by atoms with Gasteiger partial charge in [-0.1, -0.05) is 90.5 Å². The van der Waals surface area contributed by atoms with Crippen LogP contribution in [0.25, 0.3) is 6.08 Å². The van der Waals surface area contributed by atoms with Gasteiger partial charge in [-0.05, 0) is 30.2 Å². The standard InChI is InChI=1S/C29H29NO5/c1-21-14-17-23(18-15-21)26-29(27(31)33-2,28(32)34-3)20-25(19-16-22-10-6-4-7-11-22)35-30(26)24-12-8-5-9-13-24/h4-19,25-26H,20H2,1-3H3/b19-16+. The number of para-hydroxylation sites is 1. The van der Waals surface area contributed by atoms with Gasteiger partial charge in [-0.3, -0.25) is 14.4 Å². The predicted molar refractivity (Wildman–Crippen MR) is 134 cm³/mol. The van der Waals surface area contributed by atoms with E-state index >= 15 is 0 Å². The molecule has 0 N–H and O–H groups in total. The number of hydroxylamine groups is 1. The lowest BCUT2D eigenvalue weighted by atomic mass is 9.71. The summed E-state index contributed by atoms with van der Waals surface area (Å²) in [5, 5.41) is 1.64. The number of carbonyl (C=O) groups is 2. The molecule has 3 aromatic carbocycles. The molecular weight excluding hydrogens is 442 g/mol. The second-order valence-corrected chi connectivity index (χ2v) is 8.55. The van der Waals surface area contributed by atoms with E-state index in [-0.39, 0.29) is 6.42 Å². The number of methoxy groups -OCH3 is 2. The van der Waals surface area contributed by atoms with Crippen molar-refractivity contribution in [1.29, 1.82) is 0 Å². The van der Waals surface area contributed by atoms with Crippen LogP contribution < -0.4 is 5.06 Å². The summed E-state index contributed by atoms with van der Waals surface area (Å²) in [6, 6.07) is 26.1. The molecule has 0 aliphatic carbocycles. The molecule has 1 aliphatic heterocycles. The van der Waals surface area contributed by atoms with Gasteiger partial charge in [0.15, 0.2) is 5.41 Å².